The molecule has 1 heterocycles. The van der Waals surface area contributed by atoms with Gasteiger partial charge in [-0.2, -0.15) is 0 Å². The molecule has 1 aliphatic heterocycles. The van der Waals surface area contributed by atoms with Gasteiger partial charge in [-0.3, -0.25) is 4.90 Å². The third-order valence-electron chi connectivity index (χ3n) is 3.29. The summed E-state index contributed by atoms with van der Waals surface area (Å²) in [6.07, 6.45) is 0. The van der Waals surface area contributed by atoms with E-state index in [-0.39, 0.29) is 11.1 Å². The van der Waals surface area contributed by atoms with Gasteiger partial charge in [0, 0.05) is 30.7 Å². The SMILES string of the molecule is CC1(C)CNCC(C)(C)N(C(C)(C)C)C1. The van der Waals surface area contributed by atoms with Gasteiger partial charge in [-0.1, -0.05) is 13.8 Å². The minimum Gasteiger partial charge on any atom is -0.314 e. The van der Waals surface area contributed by atoms with E-state index in [0.717, 1.165) is 19.6 Å². The largest absolute Gasteiger partial charge is 0.314 e. The molecule has 1 aliphatic rings. The molecule has 0 spiro atoms. The van der Waals surface area contributed by atoms with Crippen molar-refractivity contribution in [2.24, 2.45) is 5.41 Å². The number of nitrogens with one attached hydrogen (secondary N) is 1. The van der Waals surface area contributed by atoms with Gasteiger partial charge in [0.15, 0.2) is 0 Å². The standard InChI is InChI=1S/C13H28N2/c1-11(2,3)15-10-12(4,5)8-14-9-13(15,6)7/h14H,8-10H2,1-7H3. The Morgan fingerprint density at radius 3 is 2.00 bits per heavy atom. The van der Waals surface area contributed by atoms with Crippen molar-refractivity contribution in [1.29, 1.82) is 0 Å². The van der Waals surface area contributed by atoms with Gasteiger partial charge in [0.05, 0.1) is 0 Å². The summed E-state index contributed by atoms with van der Waals surface area (Å²) in [5.41, 5.74) is 0.847. The fourth-order valence-corrected chi connectivity index (χ4v) is 2.65. The van der Waals surface area contributed by atoms with Crippen LogP contribution in [0.1, 0.15) is 48.5 Å². The highest BCUT2D eigenvalue weighted by Gasteiger charge is 2.40. The van der Waals surface area contributed by atoms with Gasteiger partial charge in [0.2, 0.25) is 0 Å². The van der Waals surface area contributed by atoms with Gasteiger partial charge in [0.25, 0.3) is 0 Å². The molecule has 0 amide bonds. The molecule has 0 bridgehead atoms. The summed E-state index contributed by atoms with van der Waals surface area (Å²) < 4.78 is 0. The predicted molar refractivity (Wildman–Crippen MR) is 67.2 cm³/mol. The number of nitrogens with zero attached hydrogens (tertiary/aromatic N) is 1. The monoisotopic (exact) mass is 212 g/mol. The molecule has 0 aliphatic carbocycles. The Morgan fingerprint density at radius 1 is 1.00 bits per heavy atom. The summed E-state index contributed by atoms with van der Waals surface area (Å²) >= 11 is 0. The number of hydrogen-bond donors (Lipinski definition) is 1. The van der Waals surface area contributed by atoms with Crippen molar-refractivity contribution in [3.05, 3.63) is 0 Å². The number of rotatable bonds is 0. The second-order valence-corrected chi connectivity index (χ2v) is 7.34. The maximum atomic E-state index is 3.59. The van der Waals surface area contributed by atoms with Crippen molar-refractivity contribution in [2.75, 3.05) is 19.6 Å². The lowest BCUT2D eigenvalue weighted by molar-refractivity contribution is 0.0140. The Bertz CT molecular complexity index is 223. The van der Waals surface area contributed by atoms with Gasteiger partial charge in [-0.15, -0.1) is 0 Å². The van der Waals surface area contributed by atoms with Crippen molar-refractivity contribution < 1.29 is 0 Å². The molecule has 0 radical (unpaired) electrons. The maximum absolute atomic E-state index is 3.59. The maximum Gasteiger partial charge on any atom is 0.0283 e. The highest BCUT2D eigenvalue weighted by Crippen LogP contribution is 2.31. The molecular formula is C13H28N2. The summed E-state index contributed by atoms with van der Waals surface area (Å²) in [6, 6.07) is 0. The quantitative estimate of drug-likeness (QED) is 0.664. The van der Waals surface area contributed by atoms with Crippen molar-refractivity contribution in [3.8, 4) is 0 Å². The lowest BCUT2D eigenvalue weighted by atomic mass is 9.88. The molecule has 0 saturated carbocycles. The zero-order chi connectivity index (χ0) is 11.9. The fourth-order valence-electron chi connectivity index (χ4n) is 2.65. The normalized spacial score (nSPS) is 27.4. The van der Waals surface area contributed by atoms with Crippen molar-refractivity contribution in [3.63, 3.8) is 0 Å². The molecule has 1 N–H and O–H groups in total. The van der Waals surface area contributed by atoms with Crippen LogP contribution in [0.25, 0.3) is 0 Å². The van der Waals surface area contributed by atoms with Crippen LogP contribution in [-0.2, 0) is 0 Å². The van der Waals surface area contributed by atoms with Gasteiger partial charge >= 0.3 is 0 Å². The zero-order valence-corrected chi connectivity index (χ0v) is 11.6. The minimum atomic E-state index is 0.242. The van der Waals surface area contributed by atoms with Gasteiger partial charge < -0.3 is 5.32 Å². The van der Waals surface area contributed by atoms with Crippen molar-refractivity contribution >= 4 is 0 Å². The van der Waals surface area contributed by atoms with E-state index in [1.807, 2.05) is 0 Å². The van der Waals surface area contributed by atoms with Gasteiger partial charge in [0.1, 0.15) is 0 Å². The molecule has 1 fully saturated rings. The second kappa shape index (κ2) is 3.74. The van der Waals surface area contributed by atoms with Crippen LogP contribution in [0.5, 0.6) is 0 Å². The Balaban J connectivity index is 2.96. The highest BCUT2D eigenvalue weighted by atomic mass is 15.3. The molecule has 15 heavy (non-hydrogen) atoms. The van der Waals surface area contributed by atoms with E-state index in [9.17, 15) is 0 Å². The first-order valence-corrected chi connectivity index (χ1v) is 6.03. The first kappa shape index (κ1) is 13.0. The van der Waals surface area contributed by atoms with E-state index >= 15 is 0 Å². The van der Waals surface area contributed by atoms with E-state index in [2.05, 4.69) is 58.7 Å². The Hall–Kier alpha value is -0.0800. The van der Waals surface area contributed by atoms with E-state index in [4.69, 9.17) is 0 Å². The molecule has 0 aromatic rings. The van der Waals surface area contributed by atoms with Crippen LogP contribution in [0.15, 0.2) is 0 Å². The van der Waals surface area contributed by atoms with E-state index < -0.39 is 0 Å². The molecule has 2 nitrogen and oxygen atoms in total. The van der Waals surface area contributed by atoms with Crippen LogP contribution < -0.4 is 5.32 Å². The molecule has 1 rings (SSSR count). The second-order valence-electron chi connectivity index (χ2n) is 7.34. The zero-order valence-electron chi connectivity index (χ0n) is 11.6. The van der Waals surface area contributed by atoms with Crippen LogP contribution >= 0.6 is 0 Å². The molecule has 0 unspecified atom stereocenters. The lowest BCUT2D eigenvalue weighted by Gasteiger charge is -2.48. The van der Waals surface area contributed by atoms with Crippen molar-refractivity contribution in [2.45, 2.75) is 59.5 Å². The molecular weight excluding hydrogens is 184 g/mol. The highest BCUT2D eigenvalue weighted by molar-refractivity contribution is 4.97. The van der Waals surface area contributed by atoms with E-state index in [1.54, 1.807) is 0 Å². The smallest absolute Gasteiger partial charge is 0.0283 e. The van der Waals surface area contributed by atoms with E-state index in [1.165, 1.54) is 0 Å². The molecule has 0 atom stereocenters. The molecule has 2 heteroatoms. The number of hydrogen-bond acceptors (Lipinski definition) is 2. The van der Waals surface area contributed by atoms with Crippen LogP contribution in [0.3, 0.4) is 0 Å². The van der Waals surface area contributed by atoms with Crippen molar-refractivity contribution in [1.82, 2.24) is 10.2 Å². The van der Waals surface area contributed by atoms with Crippen LogP contribution in [0.4, 0.5) is 0 Å². The molecule has 1 saturated heterocycles. The predicted octanol–water partition coefficient (Wildman–Crippen LogP) is 2.49. The van der Waals surface area contributed by atoms with Crippen LogP contribution in [0, 0.1) is 5.41 Å². The Morgan fingerprint density at radius 2 is 1.53 bits per heavy atom. The van der Waals surface area contributed by atoms with Crippen LogP contribution in [-0.4, -0.2) is 35.6 Å². The molecule has 90 valence electrons. The molecule has 0 aromatic heterocycles. The first-order chi connectivity index (χ1) is 6.55. The summed E-state index contributed by atoms with van der Waals surface area (Å²) in [5, 5.41) is 3.59. The summed E-state index contributed by atoms with van der Waals surface area (Å²) in [5.74, 6) is 0. The van der Waals surface area contributed by atoms with E-state index in [0.29, 0.717) is 5.41 Å². The topological polar surface area (TPSA) is 15.3 Å². The summed E-state index contributed by atoms with van der Waals surface area (Å²) in [7, 11) is 0. The van der Waals surface area contributed by atoms with Gasteiger partial charge in [-0.25, -0.2) is 0 Å². The average molecular weight is 212 g/mol. The fraction of sp³-hybridized carbons (Fsp3) is 1.00. The first-order valence-electron chi connectivity index (χ1n) is 6.03. The minimum absolute atomic E-state index is 0.242. The third kappa shape index (κ3) is 3.18. The van der Waals surface area contributed by atoms with Crippen LogP contribution in [0.2, 0.25) is 0 Å². The average Bonchev–Trinajstić information content (AvgIpc) is 2.06. The Kier molecular flexibility index (Phi) is 3.24. The Labute approximate surface area is 95.4 Å². The third-order valence-corrected chi connectivity index (χ3v) is 3.29. The summed E-state index contributed by atoms with van der Waals surface area (Å²) in [6.45, 7) is 19.7. The lowest BCUT2D eigenvalue weighted by Crippen LogP contribution is -2.57. The summed E-state index contributed by atoms with van der Waals surface area (Å²) in [4.78, 5) is 2.64. The molecule has 0 aromatic carbocycles. The van der Waals surface area contributed by atoms with Gasteiger partial charge in [-0.05, 0) is 40.0 Å².